The van der Waals surface area contributed by atoms with Gasteiger partial charge in [0.15, 0.2) is 6.04 Å². The number of aromatic amines is 1. The number of para-hydroxylation sites is 2. The monoisotopic (exact) mass is 538 g/mol. The number of benzene rings is 3. The molecular formula is C30H26N4O6. The van der Waals surface area contributed by atoms with Gasteiger partial charge in [-0.25, -0.2) is 14.5 Å². The van der Waals surface area contributed by atoms with Gasteiger partial charge < -0.3 is 20.5 Å². The lowest BCUT2D eigenvalue weighted by Crippen LogP contribution is -2.44. The van der Waals surface area contributed by atoms with Crippen molar-refractivity contribution in [2.24, 2.45) is 0 Å². The Kier molecular flexibility index (Phi) is 6.11. The van der Waals surface area contributed by atoms with Crippen LogP contribution in [0.4, 0.5) is 10.5 Å². The first-order valence-electron chi connectivity index (χ1n) is 12.9. The van der Waals surface area contributed by atoms with E-state index in [0.29, 0.717) is 6.42 Å². The molecule has 202 valence electrons. The third-order valence-electron chi connectivity index (χ3n) is 7.62. The predicted octanol–water partition coefficient (Wildman–Crippen LogP) is 3.13. The maximum atomic E-state index is 14.1. The first-order valence-corrected chi connectivity index (χ1v) is 12.9. The van der Waals surface area contributed by atoms with Crippen molar-refractivity contribution in [3.05, 3.63) is 101 Å². The highest BCUT2D eigenvalue weighted by Gasteiger charge is 2.53. The number of fused-ring (bicyclic) bond motifs is 4. The van der Waals surface area contributed by atoms with E-state index in [0.717, 1.165) is 38.2 Å². The van der Waals surface area contributed by atoms with Crippen LogP contribution in [-0.4, -0.2) is 62.6 Å². The lowest BCUT2D eigenvalue weighted by Gasteiger charge is -2.36. The van der Waals surface area contributed by atoms with Gasteiger partial charge in [-0.2, -0.15) is 0 Å². The van der Waals surface area contributed by atoms with E-state index in [-0.39, 0.29) is 11.3 Å². The molecule has 4 N–H and O–H groups in total. The first-order chi connectivity index (χ1) is 19.3. The van der Waals surface area contributed by atoms with Crippen LogP contribution in [-0.2, 0) is 16.0 Å². The topological polar surface area (TPSA) is 143 Å². The summed E-state index contributed by atoms with van der Waals surface area (Å²) in [6.07, 6.45) is 0.294. The highest BCUT2D eigenvalue weighted by atomic mass is 16.4. The molecule has 40 heavy (non-hydrogen) atoms. The van der Waals surface area contributed by atoms with Gasteiger partial charge in [-0.1, -0.05) is 60.2 Å². The average molecular weight is 539 g/mol. The van der Waals surface area contributed by atoms with E-state index in [2.05, 4.69) is 10.3 Å². The zero-order valence-electron chi connectivity index (χ0n) is 21.5. The summed E-state index contributed by atoms with van der Waals surface area (Å²) in [5, 5.41) is 21.9. The average Bonchev–Trinajstić information content (AvgIpc) is 3.45. The molecule has 3 atom stereocenters. The lowest BCUT2D eigenvalue weighted by atomic mass is 9.88. The normalized spacial score (nSPS) is 18.9. The van der Waals surface area contributed by atoms with Crippen LogP contribution in [0.3, 0.4) is 0 Å². The molecule has 3 heterocycles. The van der Waals surface area contributed by atoms with Crippen molar-refractivity contribution in [3.8, 4) is 0 Å². The van der Waals surface area contributed by atoms with Crippen LogP contribution in [0.5, 0.6) is 0 Å². The number of aliphatic hydroxyl groups is 1. The number of carbonyl (C=O) groups excluding carboxylic acids is 3. The van der Waals surface area contributed by atoms with Gasteiger partial charge in [-0.3, -0.25) is 14.5 Å². The maximum Gasteiger partial charge on any atom is 0.332 e. The van der Waals surface area contributed by atoms with Crippen LogP contribution >= 0.6 is 0 Å². The van der Waals surface area contributed by atoms with E-state index in [1.807, 2.05) is 55.5 Å². The second-order valence-electron chi connectivity index (χ2n) is 10.0. The zero-order chi connectivity index (χ0) is 28.1. The Hall–Kier alpha value is -4.96. The van der Waals surface area contributed by atoms with E-state index < -0.39 is 48.5 Å². The van der Waals surface area contributed by atoms with Crippen molar-refractivity contribution in [2.45, 2.75) is 31.5 Å². The number of hydrogen-bond acceptors (Lipinski definition) is 5. The van der Waals surface area contributed by atoms with Gasteiger partial charge in [0.2, 0.25) is 0 Å². The molecule has 0 aliphatic carbocycles. The minimum Gasteiger partial charge on any atom is -0.480 e. The summed E-state index contributed by atoms with van der Waals surface area (Å²) >= 11 is 0. The number of aryl methyl sites for hydroxylation is 1. The van der Waals surface area contributed by atoms with E-state index in [9.17, 15) is 29.4 Å². The molecule has 0 bridgehead atoms. The standard InChI is InChI=1S/C30H26N4O6/c1-16-10-12-17(13-11-16)26-25-20(18-6-2-4-8-21(18)31-25)14-24-28(37)34(30(40)33(24)26)23-9-5-3-7-19(23)27(36)32-22(15-35)29(38)39/h2-13,22,24,26,31,35H,14-15H2,1H3,(H,32,36)(H,38,39). The number of nitrogens with one attached hydrogen (secondary N) is 2. The number of H-pyrrole nitrogens is 1. The van der Waals surface area contributed by atoms with E-state index in [4.69, 9.17) is 0 Å². The summed E-state index contributed by atoms with van der Waals surface area (Å²) in [5.74, 6) is -2.71. The third kappa shape index (κ3) is 3.92. The minimum absolute atomic E-state index is 0.0441. The number of amides is 4. The van der Waals surface area contributed by atoms with E-state index in [1.165, 1.54) is 12.1 Å². The molecule has 4 aromatic rings. The Morgan fingerprint density at radius 2 is 1.73 bits per heavy atom. The number of nitrogens with zero attached hydrogens (tertiary/aromatic N) is 2. The summed E-state index contributed by atoms with van der Waals surface area (Å²) in [5.41, 5.74) is 4.60. The van der Waals surface area contributed by atoms with Crippen molar-refractivity contribution in [1.82, 2.24) is 15.2 Å². The fourth-order valence-corrected chi connectivity index (χ4v) is 5.67. The highest BCUT2D eigenvalue weighted by Crippen LogP contribution is 2.45. The molecule has 3 unspecified atom stereocenters. The number of anilines is 1. The summed E-state index contributed by atoms with van der Waals surface area (Å²) in [6, 6.07) is 18.2. The minimum atomic E-state index is -1.54. The van der Waals surface area contributed by atoms with Crippen molar-refractivity contribution in [1.29, 1.82) is 0 Å². The molecule has 1 aromatic heterocycles. The Morgan fingerprint density at radius 1 is 1.02 bits per heavy atom. The second-order valence-corrected chi connectivity index (χ2v) is 10.0. The van der Waals surface area contributed by atoms with Gasteiger partial charge in [0.1, 0.15) is 12.1 Å². The van der Waals surface area contributed by atoms with Crippen LogP contribution < -0.4 is 10.2 Å². The molecule has 0 saturated carbocycles. The molecular weight excluding hydrogens is 512 g/mol. The Bertz CT molecular complexity index is 1680. The molecule has 2 aliphatic heterocycles. The van der Waals surface area contributed by atoms with Crippen molar-refractivity contribution < 1.29 is 29.4 Å². The van der Waals surface area contributed by atoms with E-state index >= 15 is 0 Å². The lowest BCUT2D eigenvalue weighted by molar-refractivity contribution is -0.140. The molecule has 10 nitrogen and oxygen atoms in total. The summed E-state index contributed by atoms with van der Waals surface area (Å²) in [7, 11) is 0. The number of aromatic nitrogens is 1. The predicted molar refractivity (Wildman–Crippen MR) is 146 cm³/mol. The number of urea groups is 1. The molecule has 0 radical (unpaired) electrons. The number of rotatable bonds is 6. The van der Waals surface area contributed by atoms with Gasteiger partial charge in [0, 0.05) is 23.0 Å². The van der Waals surface area contributed by atoms with Gasteiger partial charge in [0.25, 0.3) is 11.8 Å². The first kappa shape index (κ1) is 25.3. The summed E-state index contributed by atoms with van der Waals surface area (Å²) in [4.78, 5) is 58.6. The van der Waals surface area contributed by atoms with Gasteiger partial charge in [0.05, 0.1) is 17.9 Å². The number of aliphatic hydroxyl groups excluding tert-OH is 1. The molecule has 1 fully saturated rings. The molecule has 1 saturated heterocycles. The van der Waals surface area contributed by atoms with Crippen LogP contribution in [0.2, 0.25) is 0 Å². The molecule has 4 amide bonds. The number of imide groups is 1. The number of aliphatic carboxylic acids is 1. The molecule has 3 aromatic carbocycles. The largest absolute Gasteiger partial charge is 0.480 e. The number of carbonyl (C=O) groups is 4. The van der Waals surface area contributed by atoms with Crippen molar-refractivity contribution in [2.75, 3.05) is 11.5 Å². The van der Waals surface area contributed by atoms with Gasteiger partial charge in [-0.15, -0.1) is 0 Å². The summed E-state index contributed by atoms with van der Waals surface area (Å²) in [6.45, 7) is 1.16. The fourth-order valence-electron chi connectivity index (χ4n) is 5.67. The Morgan fingerprint density at radius 3 is 2.45 bits per heavy atom. The van der Waals surface area contributed by atoms with Crippen LogP contribution in [0.25, 0.3) is 10.9 Å². The number of carboxylic acids is 1. The molecule has 6 rings (SSSR count). The molecule has 2 aliphatic rings. The number of carboxylic acid groups (broad SMARTS) is 1. The number of hydrogen-bond donors (Lipinski definition) is 4. The SMILES string of the molecule is Cc1ccc(C2c3[nH]c4ccccc4c3CC3C(=O)N(c4ccccc4C(=O)NC(CO)C(=O)O)C(=O)N32)cc1. The Labute approximate surface area is 228 Å². The van der Waals surface area contributed by atoms with Crippen LogP contribution in [0.15, 0.2) is 72.8 Å². The molecule has 0 spiro atoms. The quantitative estimate of drug-likeness (QED) is 0.278. The smallest absolute Gasteiger partial charge is 0.332 e. The van der Waals surface area contributed by atoms with Crippen molar-refractivity contribution in [3.63, 3.8) is 0 Å². The Balaban J connectivity index is 1.45. The van der Waals surface area contributed by atoms with Gasteiger partial charge in [-0.05, 0) is 36.2 Å². The maximum absolute atomic E-state index is 14.1. The van der Waals surface area contributed by atoms with Crippen LogP contribution in [0, 0.1) is 6.92 Å². The zero-order valence-corrected chi connectivity index (χ0v) is 21.5. The highest BCUT2D eigenvalue weighted by molar-refractivity contribution is 6.24. The van der Waals surface area contributed by atoms with E-state index in [1.54, 1.807) is 17.0 Å². The van der Waals surface area contributed by atoms with Crippen molar-refractivity contribution >= 4 is 40.4 Å². The fraction of sp³-hybridized carbons (Fsp3) is 0.200. The third-order valence-corrected chi connectivity index (χ3v) is 7.62. The summed E-state index contributed by atoms with van der Waals surface area (Å²) < 4.78 is 0. The van der Waals surface area contributed by atoms with Crippen LogP contribution in [0.1, 0.15) is 38.8 Å². The molecule has 10 heteroatoms. The van der Waals surface area contributed by atoms with Gasteiger partial charge >= 0.3 is 12.0 Å². The second kappa shape index (κ2) is 9.65.